The number of hydrogen-bond acceptors (Lipinski definition) is 3. The van der Waals surface area contributed by atoms with Gasteiger partial charge in [0.15, 0.2) is 5.96 Å². The van der Waals surface area contributed by atoms with Crippen LogP contribution in [0.3, 0.4) is 0 Å². The van der Waals surface area contributed by atoms with Gasteiger partial charge in [0.05, 0.1) is 20.2 Å². The number of likely N-dealkylation sites (N-methyl/N-ethyl adjacent to an activating group) is 1. The molecule has 0 bridgehead atoms. The zero-order valence-corrected chi connectivity index (χ0v) is 15.0. The standard InChI is InChI=1S/C17H27FN4O2/c1-6-12(2)21-17(20-11-16(23)22(3)4)19-10-13-7-14(18)9-15(8-13)24-5/h7-9,12H,6,10-11H2,1-5H3,(H2,19,20,21). The topological polar surface area (TPSA) is 66.0 Å². The van der Waals surface area contributed by atoms with Crippen molar-refractivity contribution in [2.45, 2.75) is 32.9 Å². The number of carbonyl (C=O) groups excluding carboxylic acids is 1. The molecule has 0 aromatic heterocycles. The van der Waals surface area contributed by atoms with Crippen molar-refractivity contribution in [3.8, 4) is 5.75 Å². The number of hydrogen-bond donors (Lipinski definition) is 2. The number of ether oxygens (including phenoxy) is 1. The minimum Gasteiger partial charge on any atom is -0.497 e. The van der Waals surface area contributed by atoms with Crippen LogP contribution in [0, 0.1) is 5.82 Å². The lowest BCUT2D eigenvalue weighted by Crippen LogP contribution is -2.45. The predicted molar refractivity (Wildman–Crippen MR) is 93.7 cm³/mol. The Hall–Kier alpha value is -2.31. The molecule has 1 unspecified atom stereocenters. The second kappa shape index (κ2) is 9.75. The molecular weight excluding hydrogens is 311 g/mol. The Morgan fingerprint density at radius 3 is 2.67 bits per heavy atom. The third-order valence-corrected chi connectivity index (χ3v) is 3.49. The van der Waals surface area contributed by atoms with E-state index in [1.807, 2.05) is 6.92 Å². The van der Waals surface area contributed by atoms with Gasteiger partial charge in [-0.3, -0.25) is 4.79 Å². The molecule has 0 spiro atoms. The summed E-state index contributed by atoms with van der Waals surface area (Å²) >= 11 is 0. The van der Waals surface area contributed by atoms with E-state index in [9.17, 15) is 9.18 Å². The highest BCUT2D eigenvalue weighted by Gasteiger charge is 2.08. The molecule has 7 heteroatoms. The van der Waals surface area contributed by atoms with Crippen LogP contribution in [0.2, 0.25) is 0 Å². The Labute approximate surface area is 143 Å². The highest BCUT2D eigenvalue weighted by Crippen LogP contribution is 2.16. The molecule has 0 fully saturated rings. The third kappa shape index (κ3) is 6.85. The summed E-state index contributed by atoms with van der Waals surface area (Å²) in [5.74, 6) is 0.544. The first kappa shape index (κ1) is 19.7. The molecular formula is C17H27FN4O2. The molecule has 0 aliphatic rings. The largest absolute Gasteiger partial charge is 0.497 e. The number of nitrogens with one attached hydrogen (secondary N) is 2. The fourth-order valence-electron chi connectivity index (χ4n) is 1.81. The molecule has 1 rings (SSSR count). The lowest BCUT2D eigenvalue weighted by Gasteiger charge is -2.18. The van der Waals surface area contributed by atoms with Crippen LogP contribution in [0.5, 0.6) is 5.75 Å². The van der Waals surface area contributed by atoms with Crippen molar-refractivity contribution in [1.82, 2.24) is 15.5 Å². The number of carbonyl (C=O) groups is 1. The Kier molecular flexibility index (Phi) is 8.01. The molecule has 1 atom stereocenters. The molecule has 0 aliphatic heterocycles. The summed E-state index contributed by atoms with van der Waals surface area (Å²) in [5, 5.41) is 6.22. The molecule has 24 heavy (non-hydrogen) atoms. The van der Waals surface area contributed by atoms with Gasteiger partial charge in [-0.25, -0.2) is 9.38 Å². The fourth-order valence-corrected chi connectivity index (χ4v) is 1.81. The minimum absolute atomic E-state index is 0.0546. The van der Waals surface area contributed by atoms with E-state index in [0.29, 0.717) is 17.3 Å². The second-order valence-electron chi connectivity index (χ2n) is 5.76. The molecule has 6 nitrogen and oxygen atoms in total. The molecule has 0 radical (unpaired) electrons. The van der Waals surface area contributed by atoms with Gasteiger partial charge in [0, 0.05) is 26.2 Å². The highest BCUT2D eigenvalue weighted by molar-refractivity contribution is 5.86. The van der Waals surface area contributed by atoms with E-state index in [0.717, 1.165) is 6.42 Å². The maximum atomic E-state index is 13.5. The predicted octanol–water partition coefficient (Wildman–Crippen LogP) is 1.76. The molecule has 0 heterocycles. The van der Waals surface area contributed by atoms with Gasteiger partial charge in [-0.1, -0.05) is 6.92 Å². The second-order valence-corrected chi connectivity index (χ2v) is 5.76. The first-order valence-electron chi connectivity index (χ1n) is 7.94. The Morgan fingerprint density at radius 1 is 1.38 bits per heavy atom. The third-order valence-electron chi connectivity index (χ3n) is 3.49. The van der Waals surface area contributed by atoms with Crippen molar-refractivity contribution in [2.24, 2.45) is 4.99 Å². The van der Waals surface area contributed by atoms with E-state index in [1.54, 1.807) is 20.2 Å². The Balaban J connectivity index is 2.82. The number of benzene rings is 1. The number of amides is 1. The summed E-state index contributed by atoms with van der Waals surface area (Å²) < 4.78 is 18.6. The van der Waals surface area contributed by atoms with Gasteiger partial charge in [-0.2, -0.15) is 0 Å². The summed E-state index contributed by atoms with van der Waals surface area (Å²) in [6, 6.07) is 4.67. The van der Waals surface area contributed by atoms with Crippen LogP contribution < -0.4 is 15.4 Å². The zero-order chi connectivity index (χ0) is 18.1. The van der Waals surface area contributed by atoms with Crippen molar-refractivity contribution < 1.29 is 13.9 Å². The van der Waals surface area contributed by atoms with Crippen LogP contribution in [0.25, 0.3) is 0 Å². The minimum atomic E-state index is -0.369. The molecule has 0 saturated heterocycles. The first-order valence-corrected chi connectivity index (χ1v) is 7.94. The van der Waals surface area contributed by atoms with Crippen molar-refractivity contribution in [3.05, 3.63) is 29.6 Å². The Bertz CT molecular complexity index is 576. The number of rotatable bonds is 7. The fraction of sp³-hybridized carbons (Fsp3) is 0.529. The molecule has 1 aromatic carbocycles. The zero-order valence-electron chi connectivity index (χ0n) is 15.0. The maximum absolute atomic E-state index is 13.5. The van der Waals surface area contributed by atoms with Crippen LogP contribution in [0.15, 0.2) is 23.2 Å². The van der Waals surface area contributed by atoms with Gasteiger partial charge >= 0.3 is 0 Å². The number of methoxy groups -OCH3 is 1. The van der Waals surface area contributed by atoms with Crippen LogP contribution >= 0.6 is 0 Å². The summed E-state index contributed by atoms with van der Waals surface area (Å²) in [5.41, 5.74) is 0.691. The van der Waals surface area contributed by atoms with Gasteiger partial charge in [0.1, 0.15) is 11.6 Å². The summed E-state index contributed by atoms with van der Waals surface area (Å²) in [6.45, 7) is 4.49. The lowest BCUT2D eigenvalue weighted by molar-refractivity contribution is -0.127. The van der Waals surface area contributed by atoms with Gasteiger partial charge in [0.2, 0.25) is 5.91 Å². The quantitative estimate of drug-likeness (QED) is 0.587. The molecule has 1 amide bonds. The number of halogens is 1. The van der Waals surface area contributed by atoms with E-state index in [2.05, 4.69) is 22.5 Å². The van der Waals surface area contributed by atoms with Crippen molar-refractivity contribution in [1.29, 1.82) is 0 Å². The average molecular weight is 338 g/mol. The maximum Gasteiger partial charge on any atom is 0.241 e. The first-order chi connectivity index (χ1) is 11.3. The molecule has 2 N–H and O–H groups in total. The van der Waals surface area contributed by atoms with Crippen molar-refractivity contribution in [2.75, 3.05) is 27.7 Å². The van der Waals surface area contributed by atoms with Crippen LogP contribution in [-0.4, -0.2) is 50.6 Å². The van der Waals surface area contributed by atoms with Gasteiger partial charge in [-0.15, -0.1) is 0 Å². The van der Waals surface area contributed by atoms with E-state index >= 15 is 0 Å². The van der Waals surface area contributed by atoms with Crippen LogP contribution in [-0.2, 0) is 11.3 Å². The summed E-state index contributed by atoms with van der Waals surface area (Å²) in [7, 11) is 4.88. The van der Waals surface area contributed by atoms with E-state index in [4.69, 9.17) is 4.74 Å². The summed E-state index contributed by atoms with van der Waals surface area (Å²) in [4.78, 5) is 17.7. The SMILES string of the molecule is CCC(C)NC(=NCc1cc(F)cc(OC)c1)NCC(=O)N(C)C. The molecule has 0 aliphatic carbocycles. The molecule has 1 aromatic rings. The molecule has 0 saturated carbocycles. The van der Waals surface area contributed by atoms with E-state index in [1.165, 1.54) is 24.1 Å². The number of guanidine groups is 1. The monoisotopic (exact) mass is 338 g/mol. The van der Waals surface area contributed by atoms with E-state index < -0.39 is 0 Å². The lowest BCUT2D eigenvalue weighted by atomic mass is 10.2. The van der Waals surface area contributed by atoms with Crippen molar-refractivity contribution >= 4 is 11.9 Å². The van der Waals surface area contributed by atoms with Crippen LogP contribution in [0.4, 0.5) is 4.39 Å². The Morgan fingerprint density at radius 2 is 2.08 bits per heavy atom. The average Bonchev–Trinajstić information content (AvgIpc) is 2.55. The number of nitrogens with zero attached hydrogens (tertiary/aromatic N) is 2. The molecule has 134 valence electrons. The number of aliphatic imine (C=N–C) groups is 1. The van der Waals surface area contributed by atoms with Crippen LogP contribution in [0.1, 0.15) is 25.8 Å². The van der Waals surface area contributed by atoms with E-state index in [-0.39, 0.29) is 30.9 Å². The smallest absolute Gasteiger partial charge is 0.241 e. The normalized spacial score (nSPS) is 12.5. The van der Waals surface area contributed by atoms with Crippen molar-refractivity contribution in [3.63, 3.8) is 0 Å². The summed E-state index contributed by atoms with van der Waals surface area (Å²) in [6.07, 6.45) is 0.913. The van der Waals surface area contributed by atoms with Gasteiger partial charge < -0.3 is 20.3 Å². The highest BCUT2D eigenvalue weighted by atomic mass is 19.1. The van der Waals surface area contributed by atoms with Gasteiger partial charge in [0.25, 0.3) is 0 Å². The van der Waals surface area contributed by atoms with Gasteiger partial charge in [-0.05, 0) is 31.0 Å².